The highest BCUT2D eigenvalue weighted by molar-refractivity contribution is 6.03. The van der Waals surface area contributed by atoms with Gasteiger partial charge in [-0.25, -0.2) is 0 Å². The minimum Gasteiger partial charge on any atom is -0.435 e. The number of hydrogen-bond donors (Lipinski definition) is 3. The first-order valence-corrected chi connectivity index (χ1v) is 10.3. The van der Waals surface area contributed by atoms with E-state index in [9.17, 15) is 18.4 Å². The minimum atomic E-state index is -2.90. The summed E-state index contributed by atoms with van der Waals surface area (Å²) >= 11 is 0. The topological polar surface area (TPSA) is 79.5 Å². The van der Waals surface area contributed by atoms with Crippen LogP contribution in [0.5, 0.6) is 5.75 Å². The molecule has 0 saturated heterocycles. The van der Waals surface area contributed by atoms with Crippen LogP contribution in [0.25, 0.3) is 0 Å². The number of carbonyl (C=O) groups excluding carboxylic acids is 2. The predicted molar refractivity (Wildman–Crippen MR) is 124 cm³/mol. The molecule has 0 radical (unpaired) electrons. The van der Waals surface area contributed by atoms with Crippen molar-refractivity contribution in [3.8, 4) is 5.75 Å². The van der Waals surface area contributed by atoms with Crippen LogP contribution in [-0.2, 0) is 4.79 Å². The van der Waals surface area contributed by atoms with Crippen molar-refractivity contribution < 1.29 is 23.1 Å². The van der Waals surface area contributed by atoms with Gasteiger partial charge in [-0.15, -0.1) is 0 Å². The molecular weight excluding hydrogens is 428 g/mol. The number of ether oxygens (including phenoxy) is 1. The molecule has 0 aliphatic rings. The Hall–Kier alpha value is -3.94. The molecule has 8 heteroatoms. The van der Waals surface area contributed by atoms with Gasteiger partial charge in [-0.3, -0.25) is 9.59 Å². The number of carbonyl (C=O) groups is 2. The van der Waals surface area contributed by atoms with Gasteiger partial charge >= 0.3 is 6.61 Å². The third-order valence-electron chi connectivity index (χ3n) is 4.88. The zero-order valence-electron chi connectivity index (χ0n) is 18.5. The molecule has 0 heterocycles. The highest BCUT2D eigenvalue weighted by Crippen LogP contribution is 2.24. The predicted octanol–water partition coefficient (Wildman–Crippen LogP) is 5.33. The third kappa shape index (κ3) is 6.52. The largest absolute Gasteiger partial charge is 0.435 e. The van der Waals surface area contributed by atoms with Crippen LogP contribution >= 0.6 is 0 Å². The Morgan fingerprint density at radius 3 is 2.21 bits per heavy atom. The third-order valence-corrected chi connectivity index (χ3v) is 4.88. The minimum absolute atomic E-state index is 0.0339. The standard InChI is InChI=1S/C25H25F2N3O3/c1-15-12-16(2)23(17(3)13-15)30-22(31)14-28-24(32)20-6-4-5-7-21(20)29-18-8-10-19(11-9-18)33-25(26)27/h4-13,25,29H,14H2,1-3H3,(H,28,32)(H,30,31). The summed E-state index contributed by atoms with van der Waals surface area (Å²) in [7, 11) is 0. The van der Waals surface area contributed by atoms with Crippen LogP contribution in [0, 0.1) is 20.8 Å². The lowest BCUT2D eigenvalue weighted by molar-refractivity contribution is -0.115. The Labute approximate surface area is 191 Å². The van der Waals surface area contributed by atoms with Crippen molar-refractivity contribution in [3.05, 3.63) is 82.9 Å². The number of alkyl halides is 2. The molecule has 0 spiro atoms. The monoisotopic (exact) mass is 453 g/mol. The fourth-order valence-electron chi connectivity index (χ4n) is 3.48. The van der Waals surface area contributed by atoms with Crippen molar-refractivity contribution in [1.29, 1.82) is 0 Å². The summed E-state index contributed by atoms with van der Waals surface area (Å²) in [6, 6.07) is 16.7. The van der Waals surface area contributed by atoms with Crippen molar-refractivity contribution in [2.24, 2.45) is 0 Å². The van der Waals surface area contributed by atoms with Gasteiger partial charge in [0.2, 0.25) is 5.91 Å². The van der Waals surface area contributed by atoms with E-state index in [0.29, 0.717) is 16.9 Å². The molecule has 3 N–H and O–H groups in total. The number of anilines is 3. The second kappa shape index (κ2) is 10.6. The first-order valence-electron chi connectivity index (χ1n) is 10.3. The van der Waals surface area contributed by atoms with Crippen LogP contribution in [-0.4, -0.2) is 25.0 Å². The molecule has 0 aromatic heterocycles. The summed E-state index contributed by atoms with van der Waals surface area (Å²) in [4.78, 5) is 25.1. The Morgan fingerprint density at radius 1 is 0.939 bits per heavy atom. The van der Waals surface area contributed by atoms with E-state index in [1.165, 1.54) is 12.1 Å². The van der Waals surface area contributed by atoms with Gasteiger partial charge in [0.05, 0.1) is 17.8 Å². The summed E-state index contributed by atoms with van der Waals surface area (Å²) < 4.78 is 28.9. The van der Waals surface area contributed by atoms with E-state index >= 15 is 0 Å². The highest BCUT2D eigenvalue weighted by Gasteiger charge is 2.14. The Balaban J connectivity index is 1.63. The second-order valence-corrected chi connectivity index (χ2v) is 7.58. The summed E-state index contributed by atoms with van der Waals surface area (Å²) in [5.41, 5.74) is 5.17. The number of halogens is 2. The molecule has 0 bridgehead atoms. The maximum absolute atomic E-state index is 12.7. The second-order valence-electron chi connectivity index (χ2n) is 7.58. The van der Waals surface area contributed by atoms with Gasteiger partial charge in [-0.05, 0) is 68.3 Å². The number of aryl methyl sites for hydroxylation is 3. The van der Waals surface area contributed by atoms with Crippen LogP contribution in [0.1, 0.15) is 27.0 Å². The van der Waals surface area contributed by atoms with E-state index < -0.39 is 12.5 Å². The van der Waals surface area contributed by atoms with E-state index in [1.54, 1.807) is 36.4 Å². The van der Waals surface area contributed by atoms with Crippen LogP contribution in [0.3, 0.4) is 0 Å². The summed E-state index contributed by atoms with van der Waals surface area (Å²) in [6.07, 6.45) is 0. The maximum atomic E-state index is 12.7. The quantitative estimate of drug-likeness (QED) is 0.431. The molecule has 3 aromatic carbocycles. The van der Waals surface area contributed by atoms with E-state index in [0.717, 1.165) is 22.4 Å². The first kappa shape index (κ1) is 23.7. The van der Waals surface area contributed by atoms with Gasteiger partial charge in [0.1, 0.15) is 5.75 Å². The molecule has 0 aliphatic heterocycles. The van der Waals surface area contributed by atoms with Crippen LogP contribution < -0.4 is 20.7 Å². The van der Waals surface area contributed by atoms with Crippen molar-refractivity contribution >= 4 is 28.9 Å². The molecule has 33 heavy (non-hydrogen) atoms. The SMILES string of the molecule is Cc1cc(C)c(NC(=O)CNC(=O)c2ccccc2Nc2ccc(OC(F)F)cc2)c(C)c1. The van der Waals surface area contributed by atoms with Gasteiger partial charge in [0, 0.05) is 11.4 Å². The fourth-order valence-corrected chi connectivity index (χ4v) is 3.48. The van der Waals surface area contributed by atoms with Crippen molar-refractivity contribution in [1.82, 2.24) is 5.32 Å². The van der Waals surface area contributed by atoms with Crippen molar-refractivity contribution in [2.45, 2.75) is 27.4 Å². The lowest BCUT2D eigenvalue weighted by Crippen LogP contribution is -2.33. The van der Waals surface area contributed by atoms with Crippen molar-refractivity contribution in [3.63, 3.8) is 0 Å². The average molecular weight is 453 g/mol. The summed E-state index contributed by atoms with van der Waals surface area (Å²) in [5, 5.41) is 8.56. The maximum Gasteiger partial charge on any atom is 0.387 e. The highest BCUT2D eigenvalue weighted by atomic mass is 19.3. The molecule has 2 amide bonds. The lowest BCUT2D eigenvalue weighted by Gasteiger charge is -2.14. The van der Waals surface area contributed by atoms with Gasteiger partial charge in [0.15, 0.2) is 0 Å². The van der Waals surface area contributed by atoms with Crippen LogP contribution in [0.4, 0.5) is 25.8 Å². The Morgan fingerprint density at radius 2 is 1.58 bits per heavy atom. The molecule has 0 unspecified atom stereocenters. The Bertz CT molecular complexity index is 1120. The fraction of sp³-hybridized carbons (Fsp3) is 0.200. The zero-order chi connectivity index (χ0) is 24.0. The van der Waals surface area contributed by atoms with Crippen LogP contribution in [0.2, 0.25) is 0 Å². The molecule has 172 valence electrons. The van der Waals surface area contributed by atoms with Crippen molar-refractivity contribution in [2.75, 3.05) is 17.2 Å². The number of amides is 2. The van der Waals surface area contributed by atoms with Gasteiger partial charge in [0.25, 0.3) is 5.91 Å². The molecule has 3 rings (SSSR count). The zero-order valence-corrected chi connectivity index (χ0v) is 18.5. The molecule has 6 nitrogen and oxygen atoms in total. The van der Waals surface area contributed by atoms with Gasteiger partial charge in [-0.2, -0.15) is 8.78 Å². The van der Waals surface area contributed by atoms with E-state index in [-0.39, 0.29) is 18.2 Å². The lowest BCUT2D eigenvalue weighted by atomic mass is 10.1. The number of benzene rings is 3. The molecule has 0 saturated carbocycles. The van der Waals surface area contributed by atoms with E-state index in [1.807, 2.05) is 32.9 Å². The van der Waals surface area contributed by atoms with Gasteiger partial charge < -0.3 is 20.7 Å². The molecule has 3 aromatic rings. The van der Waals surface area contributed by atoms with E-state index in [2.05, 4.69) is 20.7 Å². The number of nitrogens with one attached hydrogen (secondary N) is 3. The normalized spacial score (nSPS) is 10.6. The first-order chi connectivity index (χ1) is 15.7. The summed E-state index contributed by atoms with van der Waals surface area (Å²) in [6.45, 7) is 2.73. The smallest absolute Gasteiger partial charge is 0.387 e. The molecule has 0 fully saturated rings. The molecular formula is C25H25F2N3O3. The molecule has 0 atom stereocenters. The average Bonchev–Trinajstić information content (AvgIpc) is 2.76. The Kier molecular flexibility index (Phi) is 7.61. The van der Waals surface area contributed by atoms with E-state index in [4.69, 9.17) is 0 Å². The van der Waals surface area contributed by atoms with Gasteiger partial charge in [-0.1, -0.05) is 29.8 Å². The number of rotatable bonds is 8. The summed E-state index contributed by atoms with van der Waals surface area (Å²) in [5.74, 6) is -0.728. The number of para-hydroxylation sites is 1. The van der Waals surface area contributed by atoms with Crippen LogP contribution in [0.15, 0.2) is 60.7 Å². The molecule has 0 aliphatic carbocycles. The number of hydrogen-bond acceptors (Lipinski definition) is 4.